The average molecular weight is 350 g/mol. The monoisotopic (exact) mass is 350 g/mol. The molecule has 4 nitrogen and oxygen atoms in total. The molecule has 2 aromatic rings. The van der Waals surface area contributed by atoms with Gasteiger partial charge in [-0.2, -0.15) is 5.26 Å². The zero-order valence-electron chi connectivity index (χ0n) is 14.1. The lowest BCUT2D eigenvalue weighted by Crippen LogP contribution is -2.23. The smallest absolute Gasteiger partial charge is 0.205 e. The van der Waals surface area contributed by atoms with E-state index >= 15 is 0 Å². The normalized spacial score (nSPS) is 19.0. The highest BCUT2D eigenvalue weighted by atomic mass is 32.1. The molecule has 0 spiro atoms. The van der Waals surface area contributed by atoms with Crippen molar-refractivity contribution in [1.29, 1.82) is 5.26 Å². The first-order valence-corrected chi connectivity index (χ1v) is 9.04. The van der Waals surface area contributed by atoms with Crippen molar-refractivity contribution in [2.24, 2.45) is 5.73 Å². The molecule has 126 valence electrons. The Morgan fingerprint density at radius 3 is 2.84 bits per heavy atom. The summed E-state index contributed by atoms with van der Waals surface area (Å²) in [5.41, 5.74) is 11.2. The first-order chi connectivity index (χ1) is 12.1. The van der Waals surface area contributed by atoms with Crippen LogP contribution in [0.2, 0.25) is 0 Å². The van der Waals surface area contributed by atoms with Crippen LogP contribution in [0.3, 0.4) is 0 Å². The minimum absolute atomic E-state index is 0.117. The predicted molar refractivity (Wildman–Crippen MR) is 97.9 cm³/mol. The van der Waals surface area contributed by atoms with Gasteiger partial charge in [-0.25, -0.2) is 0 Å². The molecule has 1 unspecified atom stereocenters. The van der Waals surface area contributed by atoms with E-state index in [1.54, 1.807) is 18.4 Å². The Morgan fingerprint density at radius 2 is 2.16 bits per heavy atom. The summed E-state index contributed by atoms with van der Waals surface area (Å²) in [6, 6.07) is 10.4. The number of thiophene rings is 1. The van der Waals surface area contributed by atoms with E-state index in [0.29, 0.717) is 5.57 Å². The van der Waals surface area contributed by atoms with Crippen LogP contribution in [0.5, 0.6) is 5.75 Å². The van der Waals surface area contributed by atoms with Crippen molar-refractivity contribution < 1.29 is 9.47 Å². The number of hydrogen-bond donors (Lipinski definition) is 1. The van der Waals surface area contributed by atoms with Gasteiger partial charge >= 0.3 is 0 Å². The van der Waals surface area contributed by atoms with Crippen molar-refractivity contribution >= 4 is 17.1 Å². The molecular weight excluding hydrogens is 332 g/mol. The lowest BCUT2D eigenvalue weighted by molar-refractivity contribution is 0.349. The second kappa shape index (κ2) is 5.98. The fourth-order valence-corrected chi connectivity index (χ4v) is 4.70. The summed E-state index contributed by atoms with van der Waals surface area (Å²) in [7, 11) is 1.65. The number of nitriles is 1. The van der Waals surface area contributed by atoms with E-state index in [-0.39, 0.29) is 11.8 Å². The molecular formula is C20H18N2O2S. The number of fused-ring (bicyclic) bond motifs is 2. The molecule has 0 saturated heterocycles. The van der Waals surface area contributed by atoms with Crippen LogP contribution in [-0.4, -0.2) is 7.11 Å². The Kier molecular flexibility index (Phi) is 3.78. The molecule has 2 N–H and O–H groups in total. The molecule has 0 saturated carbocycles. The first-order valence-electron chi connectivity index (χ1n) is 8.16. The Morgan fingerprint density at radius 1 is 1.32 bits per heavy atom. The SMILES string of the molecule is COc1ccc2c(c1)C1=C(CC2)C(c2sccc2C)C(C#N)=C(N)O1. The van der Waals surface area contributed by atoms with Crippen molar-refractivity contribution in [3.05, 3.63) is 68.2 Å². The van der Waals surface area contributed by atoms with Gasteiger partial charge in [0.05, 0.1) is 13.0 Å². The van der Waals surface area contributed by atoms with Crippen LogP contribution in [-0.2, 0) is 11.2 Å². The maximum absolute atomic E-state index is 9.68. The summed E-state index contributed by atoms with van der Waals surface area (Å²) in [4.78, 5) is 1.17. The minimum Gasteiger partial charge on any atom is -0.497 e. The number of nitrogens with zero attached hydrogens (tertiary/aromatic N) is 1. The Hall–Kier alpha value is -2.71. The van der Waals surface area contributed by atoms with E-state index in [1.807, 2.05) is 12.1 Å². The Labute approximate surface area is 150 Å². The number of hydrogen-bond acceptors (Lipinski definition) is 5. The van der Waals surface area contributed by atoms with E-state index in [9.17, 15) is 5.26 Å². The van der Waals surface area contributed by atoms with Gasteiger partial charge in [0.2, 0.25) is 5.88 Å². The zero-order chi connectivity index (χ0) is 17.6. The highest BCUT2D eigenvalue weighted by Gasteiger charge is 2.37. The van der Waals surface area contributed by atoms with E-state index in [1.165, 1.54) is 16.0 Å². The number of allylic oxidation sites excluding steroid dienone is 2. The minimum atomic E-state index is -0.117. The van der Waals surface area contributed by atoms with Gasteiger partial charge in [0.1, 0.15) is 23.2 Å². The Bertz CT molecular complexity index is 962. The topological polar surface area (TPSA) is 68.3 Å². The van der Waals surface area contributed by atoms with Crippen LogP contribution in [0.15, 0.2) is 46.7 Å². The molecule has 2 aliphatic rings. The molecule has 5 heteroatoms. The molecule has 0 fully saturated rings. The Balaban J connectivity index is 1.93. The van der Waals surface area contributed by atoms with Gasteiger partial charge in [0.25, 0.3) is 0 Å². The van der Waals surface area contributed by atoms with Gasteiger partial charge in [-0.15, -0.1) is 11.3 Å². The van der Waals surface area contributed by atoms with Crippen molar-refractivity contribution in [2.45, 2.75) is 25.7 Å². The number of ether oxygens (including phenoxy) is 2. The van der Waals surface area contributed by atoms with E-state index in [0.717, 1.165) is 35.5 Å². The molecule has 1 aliphatic carbocycles. The molecule has 1 aliphatic heterocycles. The molecule has 2 heterocycles. The molecule has 0 amide bonds. The van der Waals surface area contributed by atoms with E-state index in [4.69, 9.17) is 15.2 Å². The lowest BCUT2D eigenvalue weighted by Gasteiger charge is -2.33. The number of aryl methyl sites for hydroxylation is 2. The lowest BCUT2D eigenvalue weighted by atomic mass is 9.78. The molecule has 4 rings (SSSR count). The quantitative estimate of drug-likeness (QED) is 0.880. The molecule has 1 aromatic carbocycles. The third-order valence-corrected chi connectivity index (χ3v) is 6.00. The summed E-state index contributed by atoms with van der Waals surface area (Å²) in [5, 5.41) is 11.7. The van der Waals surface area contributed by atoms with Crippen LogP contribution in [0, 0.1) is 18.3 Å². The number of benzene rings is 1. The summed E-state index contributed by atoms with van der Waals surface area (Å²) in [6.45, 7) is 2.08. The van der Waals surface area contributed by atoms with Gasteiger partial charge in [-0.3, -0.25) is 0 Å². The summed E-state index contributed by atoms with van der Waals surface area (Å²) < 4.78 is 11.3. The van der Waals surface area contributed by atoms with Crippen LogP contribution in [0.4, 0.5) is 0 Å². The molecule has 0 radical (unpaired) electrons. The largest absolute Gasteiger partial charge is 0.497 e. The fourth-order valence-electron chi connectivity index (χ4n) is 3.63. The van der Waals surface area contributed by atoms with Gasteiger partial charge in [0.15, 0.2) is 0 Å². The second-order valence-electron chi connectivity index (χ2n) is 6.27. The standard InChI is InChI=1S/C20H18N2O2S/c1-11-7-8-25-19(11)17-14-6-4-12-3-5-13(23-2)9-15(12)18(14)24-20(22)16(17)10-21/h3,5,7-9,17H,4,6,22H2,1-2H3. The maximum Gasteiger partial charge on any atom is 0.205 e. The average Bonchev–Trinajstić information content (AvgIpc) is 3.05. The van der Waals surface area contributed by atoms with Crippen LogP contribution in [0.25, 0.3) is 5.76 Å². The van der Waals surface area contributed by atoms with Crippen molar-refractivity contribution in [3.63, 3.8) is 0 Å². The molecule has 1 atom stereocenters. The highest BCUT2D eigenvalue weighted by Crippen LogP contribution is 2.49. The van der Waals surface area contributed by atoms with Crippen molar-refractivity contribution in [3.8, 4) is 11.8 Å². The van der Waals surface area contributed by atoms with Crippen LogP contribution < -0.4 is 10.5 Å². The fraction of sp³-hybridized carbons (Fsp3) is 0.250. The number of methoxy groups -OCH3 is 1. The second-order valence-corrected chi connectivity index (χ2v) is 7.22. The third kappa shape index (κ3) is 2.41. The summed E-state index contributed by atoms with van der Waals surface area (Å²) >= 11 is 1.67. The van der Waals surface area contributed by atoms with Crippen molar-refractivity contribution in [2.75, 3.05) is 7.11 Å². The van der Waals surface area contributed by atoms with Crippen molar-refractivity contribution in [1.82, 2.24) is 0 Å². The number of rotatable bonds is 2. The van der Waals surface area contributed by atoms with E-state index < -0.39 is 0 Å². The maximum atomic E-state index is 9.68. The third-order valence-electron chi connectivity index (χ3n) is 4.92. The van der Waals surface area contributed by atoms with Crippen LogP contribution >= 0.6 is 11.3 Å². The number of nitrogens with two attached hydrogens (primary N) is 1. The van der Waals surface area contributed by atoms with Crippen LogP contribution in [0.1, 0.15) is 33.9 Å². The highest BCUT2D eigenvalue weighted by molar-refractivity contribution is 7.10. The predicted octanol–water partition coefficient (Wildman–Crippen LogP) is 4.23. The van der Waals surface area contributed by atoms with E-state index in [2.05, 4.69) is 30.5 Å². The summed E-state index contributed by atoms with van der Waals surface area (Å²) in [5.74, 6) is 1.66. The summed E-state index contributed by atoms with van der Waals surface area (Å²) in [6.07, 6.45) is 1.77. The molecule has 1 aromatic heterocycles. The zero-order valence-corrected chi connectivity index (χ0v) is 14.9. The van der Waals surface area contributed by atoms with Gasteiger partial charge < -0.3 is 15.2 Å². The van der Waals surface area contributed by atoms with Gasteiger partial charge in [-0.1, -0.05) is 6.07 Å². The first kappa shape index (κ1) is 15.8. The molecule has 25 heavy (non-hydrogen) atoms. The molecule has 0 bridgehead atoms. The van der Waals surface area contributed by atoms with Gasteiger partial charge in [0, 0.05) is 10.4 Å². The van der Waals surface area contributed by atoms with Gasteiger partial charge in [-0.05, 0) is 60.0 Å².